The van der Waals surface area contributed by atoms with Crippen LogP contribution in [0.3, 0.4) is 0 Å². The number of aliphatic hydroxyl groups excluding tert-OH is 1. The summed E-state index contributed by atoms with van der Waals surface area (Å²) in [5, 5.41) is 9.82. The molecule has 0 aromatic carbocycles. The van der Waals surface area contributed by atoms with Gasteiger partial charge in [0.15, 0.2) is 6.10 Å². The number of hydrogen-bond acceptors (Lipinski definition) is 10. The van der Waals surface area contributed by atoms with Gasteiger partial charge in [-0.2, -0.15) is 0 Å². The van der Waals surface area contributed by atoms with Crippen molar-refractivity contribution in [3.05, 3.63) is 24.3 Å². The lowest BCUT2D eigenvalue weighted by atomic mass is 10.0. The third kappa shape index (κ3) is 52.8. The highest BCUT2D eigenvalue weighted by Crippen LogP contribution is 2.43. The van der Waals surface area contributed by atoms with Crippen LogP contribution in [0.25, 0.3) is 0 Å². The molecule has 0 spiro atoms. The Labute approximate surface area is 442 Å². The summed E-state index contributed by atoms with van der Waals surface area (Å²) in [6.45, 7) is 4.65. The van der Waals surface area contributed by atoms with Crippen LogP contribution >= 0.6 is 7.82 Å². The maximum absolute atomic E-state index is 12.9. The number of hydrogen-bond donors (Lipinski definition) is 2. The van der Waals surface area contributed by atoms with Gasteiger partial charge in [0.1, 0.15) is 12.7 Å². The van der Waals surface area contributed by atoms with E-state index in [1.54, 1.807) is 0 Å². The van der Waals surface area contributed by atoms with Crippen LogP contribution in [0.1, 0.15) is 303 Å². The second-order valence-electron chi connectivity index (χ2n) is 20.5. The van der Waals surface area contributed by atoms with Crippen molar-refractivity contribution in [2.75, 3.05) is 26.4 Å². The van der Waals surface area contributed by atoms with Crippen molar-refractivity contribution < 1.29 is 52.2 Å². The van der Waals surface area contributed by atoms with E-state index in [4.69, 9.17) is 23.3 Å². The Morgan fingerprint density at radius 2 is 0.653 bits per heavy atom. The maximum Gasteiger partial charge on any atom is 0.472 e. The van der Waals surface area contributed by atoms with Gasteiger partial charge >= 0.3 is 25.7 Å². The minimum atomic E-state index is -4.74. The first kappa shape index (κ1) is 70.0. The van der Waals surface area contributed by atoms with Crippen LogP contribution in [0.15, 0.2) is 24.3 Å². The molecule has 0 rings (SSSR count). The van der Waals surface area contributed by atoms with Crippen molar-refractivity contribution in [1.29, 1.82) is 0 Å². The molecule has 0 aliphatic rings. The summed E-state index contributed by atoms with van der Waals surface area (Å²) in [5.74, 6) is -1.45. The molecule has 3 unspecified atom stereocenters. The van der Waals surface area contributed by atoms with E-state index in [-0.39, 0.29) is 25.9 Å². The lowest BCUT2D eigenvalue weighted by Gasteiger charge is -2.21. The molecule has 0 aromatic rings. The Hall–Kier alpha value is -2.04. The molecular weight excluding hydrogens is 928 g/mol. The van der Waals surface area contributed by atoms with Gasteiger partial charge < -0.3 is 24.2 Å². The van der Waals surface area contributed by atoms with E-state index in [0.717, 1.165) is 77.0 Å². The van der Waals surface area contributed by atoms with E-state index < -0.39 is 57.8 Å². The van der Waals surface area contributed by atoms with Crippen LogP contribution in [-0.4, -0.2) is 66.5 Å². The van der Waals surface area contributed by atoms with Gasteiger partial charge in [0, 0.05) is 19.3 Å². The molecule has 0 heterocycles. The second-order valence-corrected chi connectivity index (χ2v) is 22.0. The van der Waals surface area contributed by atoms with Crippen molar-refractivity contribution in [2.24, 2.45) is 0 Å². The molecule has 72 heavy (non-hydrogen) atoms. The van der Waals surface area contributed by atoms with Crippen LogP contribution in [0.5, 0.6) is 0 Å². The van der Waals surface area contributed by atoms with Crippen LogP contribution < -0.4 is 0 Å². The first-order chi connectivity index (χ1) is 35.2. The molecule has 0 aromatic heterocycles. The Morgan fingerprint density at radius 1 is 0.375 bits per heavy atom. The predicted molar refractivity (Wildman–Crippen MR) is 298 cm³/mol. The standard InChI is InChI=1S/C60H113O11P/c1-4-7-10-13-16-19-22-24-26-27-28-29-31-33-36-39-42-45-48-51-60(64)71-57(53-67-58(62)49-46-43-40-37-34-21-18-15-12-9-6-3)55-69-72(65,66)68-54-56(52-61)70-59(63)50-47-44-41-38-35-32-30-25-23-20-17-14-11-8-5-2/h15,18,24,26,56-57,61H,4-14,16-17,19-23,25,27-55H2,1-3H3,(H,65,66)/b18-15-,26-24-. The summed E-state index contributed by atoms with van der Waals surface area (Å²) >= 11 is 0. The zero-order valence-electron chi connectivity index (χ0n) is 46.9. The first-order valence-electron chi connectivity index (χ1n) is 30.2. The van der Waals surface area contributed by atoms with Crippen LogP contribution in [0, 0.1) is 0 Å². The van der Waals surface area contributed by atoms with Crippen molar-refractivity contribution in [2.45, 2.75) is 315 Å². The molecule has 0 radical (unpaired) electrons. The van der Waals surface area contributed by atoms with E-state index in [2.05, 4.69) is 45.1 Å². The molecule has 0 saturated heterocycles. The van der Waals surface area contributed by atoms with Crippen molar-refractivity contribution >= 4 is 25.7 Å². The van der Waals surface area contributed by atoms with Gasteiger partial charge in [-0.05, 0) is 64.2 Å². The molecular formula is C60H113O11P. The molecule has 0 fully saturated rings. The SMILES string of the molecule is CCCC/C=C\CCCCCCCC(=O)OCC(COP(=O)(O)OCC(CO)OC(=O)CCCCCCCCCCCCCCCCC)OC(=O)CCCCCCCCCCC/C=C\CCCCCCCC. The first-order valence-corrected chi connectivity index (χ1v) is 31.7. The van der Waals surface area contributed by atoms with Crippen LogP contribution in [0.4, 0.5) is 0 Å². The molecule has 0 bridgehead atoms. The zero-order chi connectivity index (χ0) is 52.7. The zero-order valence-corrected chi connectivity index (χ0v) is 47.8. The summed E-state index contributed by atoms with van der Waals surface area (Å²) in [5.41, 5.74) is 0. The molecule has 11 nitrogen and oxygen atoms in total. The minimum absolute atomic E-state index is 0.168. The lowest BCUT2D eigenvalue weighted by molar-refractivity contribution is -0.161. The average Bonchev–Trinajstić information content (AvgIpc) is 3.37. The number of aliphatic hydroxyl groups is 1. The van der Waals surface area contributed by atoms with Crippen molar-refractivity contribution in [3.8, 4) is 0 Å². The average molecular weight is 1040 g/mol. The molecule has 2 N–H and O–H groups in total. The Bertz CT molecular complexity index is 1310. The molecule has 0 aliphatic heterocycles. The van der Waals surface area contributed by atoms with Gasteiger partial charge in [-0.15, -0.1) is 0 Å². The van der Waals surface area contributed by atoms with E-state index in [0.29, 0.717) is 19.3 Å². The van der Waals surface area contributed by atoms with Gasteiger partial charge in [0.2, 0.25) is 0 Å². The Kier molecular flexibility index (Phi) is 53.6. The quantitative estimate of drug-likeness (QED) is 0.0197. The summed E-state index contributed by atoms with van der Waals surface area (Å²) in [6, 6.07) is 0. The van der Waals surface area contributed by atoms with Gasteiger partial charge in [0.25, 0.3) is 0 Å². The lowest BCUT2D eigenvalue weighted by Crippen LogP contribution is -2.30. The number of phosphoric acid groups is 1. The second kappa shape index (κ2) is 55.2. The third-order valence-electron chi connectivity index (χ3n) is 13.3. The summed E-state index contributed by atoms with van der Waals surface area (Å²) in [6.07, 6.45) is 55.6. The largest absolute Gasteiger partial charge is 0.472 e. The normalized spacial score (nSPS) is 13.5. The van der Waals surface area contributed by atoms with Crippen molar-refractivity contribution in [1.82, 2.24) is 0 Å². The number of carbonyl (C=O) groups excluding carboxylic acids is 3. The van der Waals surface area contributed by atoms with Crippen LogP contribution in [0.2, 0.25) is 0 Å². The fourth-order valence-corrected chi connectivity index (χ4v) is 9.47. The monoisotopic (exact) mass is 1040 g/mol. The van der Waals surface area contributed by atoms with Gasteiger partial charge in [-0.3, -0.25) is 23.4 Å². The van der Waals surface area contributed by atoms with Crippen molar-refractivity contribution in [3.63, 3.8) is 0 Å². The number of esters is 3. The number of ether oxygens (including phenoxy) is 3. The number of carbonyl (C=O) groups is 3. The molecule has 0 amide bonds. The smallest absolute Gasteiger partial charge is 0.462 e. The number of allylic oxidation sites excluding steroid dienone is 4. The Morgan fingerprint density at radius 3 is 1.00 bits per heavy atom. The number of rotatable bonds is 57. The van der Waals surface area contributed by atoms with Gasteiger partial charge in [0.05, 0.1) is 19.8 Å². The highest BCUT2D eigenvalue weighted by atomic mass is 31.2. The summed E-state index contributed by atoms with van der Waals surface area (Å²) in [7, 11) is -4.74. The van der Waals surface area contributed by atoms with E-state index in [9.17, 15) is 28.9 Å². The fourth-order valence-electron chi connectivity index (χ4n) is 8.69. The maximum atomic E-state index is 12.9. The van der Waals surface area contributed by atoms with Gasteiger partial charge in [-0.25, -0.2) is 4.57 Å². The molecule has 12 heteroatoms. The molecule has 3 atom stereocenters. The van der Waals surface area contributed by atoms with E-state index in [1.807, 2.05) is 0 Å². The highest BCUT2D eigenvalue weighted by Gasteiger charge is 2.28. The summed E-state index contributed by atoms with van der Waals surface area (Å²) < 4.78 is 39.5. The van der Waals surface area contributed by atoms with Gasteiger partial charge in [-0.1, -0.05) is 244 Å². The van der Waals surface area contributed by atoms with E-state index >= 15 is 0 Å². The van der Waals surface area contributed by atoms with E-state index in [1.165, 1.54) is 167 Å². The molecule has 424 valence electrons. The minimum Gasteiger partial charge on any atom is -0.462 e. The molecule has 0 saturated carbocycles. The summed E-state index contributed by atoms with van der Waals surface area (Å²) in [4.78, 5) is 48.5. The topological polar surface area (TPSA) is 155 Å². The predicted octanol–water partition coefficient (Wildman–Crippen LogP) is 17.8. The third-order valence-corrected chi connectivity index (χ3v) is 14.3. The highest BCUT2D eigenvalue weighted by molar-refractivity contribution is 7.47. The molecule has 0 aliphatic carbocycles. The van der Waals surface area contributed by atoms with Crippen LogP contribution in [-0.2, 0) is 42.2 Å². The number of phosphoric ester groups is 1. The Balaban J connectivity index is 4.63. The fraction of sp³-hybridized carbons (Fsp3) is 0.883. The number of unbranched alkanes of at least 4 members (excludes halogenated alkanes) is 36.